The van der Waals surface area contributed by atoms with E-state index in [1.807, 2.05) is 0 Å². The third-order valence-electron chi connectivity index (χ3n) is 2.57. The Morgan fingerprint density at radius 3 is 2.33 bits per heavy atom. The highest BCUT2D eigenvalue weighted by molar-refractivity contribution is 7.91. The lowest BCUT2D eigenvalue weighted by atomic mass is 10.1. The summed E-state index contributed by atoms with van der Waals surface area (Å²) in [6.07, 6.45) is 0. The number of hydrogen-bond acceptors (Lipinski definition) is 3. The molecular formula is C12H15FO4S. The highest BCUT2D eigenvalue weighted by atomic mass is 32.2. The molecular weight excluding hydrogens is 259 g/mol. The van der Waals surface area contributed by atoms with E-state index in [4.69, 9.17) is 5.11 Å². The third-order valence-corrected chi connectivity index (χ3v) is 5.13. The summed E-state index contributed by atoms with van der Waals surface area (Å²) in [5.74, 6) is -2.44. The normalized spacial score (nSPS) is 12.4. The van der Waals surface area contributed by atoms with E-state index < -0.39 is 32.1 Å². The van der Waals surface area contributed by atoms with Crippen LogP contribution in [0.1, 0.15) is 36.7 Å². The van der Waals surface area contributed by atoms with Gasteiger partial charge in [0.1, 0.15) is 5.82 Å². The Labute approximate surface area is 105 Å². The van der Waals surface area contributed by atoms with Crippen LogP contribution in [0.4, 0.5) is 4.39 Å². The molecule has 0 saturated heterocycles. The Hall–Kier alpha value is -1.43. The van der Waals surface area contributed by atoms with Crippen LogP contribution in [0.2, 0.25) is 0 Å². The number of halogens is 1. The van der Waals surface area contributed by atoms with Crippen LogP contribution >= 0.6 is 0 Å². The van der Waals surface area contributed by atoms with Gasteiger partial charge in [-0.15, -0.1) is 0 Å². The molecule has 1 aromatic carbocycles. The fourth-order valence-electron chi connectivity index (χ4n) is 1.24. The Bertz CT molecular complexity index is 570. The zero-order valence-electron chi connectivity index (χ0n) is 10.4. The standard InChI is InChI=1S/C12H15FO4S/c1-12(2,3)18(16,17)7-9-6-8(11(14)15)4-5-10(9)13/h4-6H,7H2,1-3H3,(H,14,15). The first-order chi connectivity index (χ1) is 8.04. The van der Waals surface area contributed by atoms with E-state index in [0.29, 0.717) is 0 Å². The topological polar surface area (TPSA) is 71.4 Å². The predicted octanol–water partition coefficient (Wildman–Crippen LogP) is 2.24. The number of carbonyl (C=O) groups is 1. The second kappa shape index (κ2) is 4.68. The Morgan fingerprint density at radius 1 is 1.33 bits per heavy atom. The average Bonchev–Trinajstić information content (AvgIpc) is 2.18. The van der Waals surface area contributed by atoms with Crippen LogP contribution in [0.5, 0.6) is 0 Å². The summed E-state index contributed by atoms with van der Waals surface area (Å²) in [5.41, 5.74) is -0.250. The fourth-order valence-corrected chi connectivity index (χ4v) is 2.30. The molecule has 4 nitrogen and oxygen atoms in total. The molecule has 0 bridgehead atoms. The second-order valence-electron chi connectivity index (χ2n) is 4.98. The molecule has 1 rings (SSSR count). The molecule has 0 spiro atoms. The van der Waals surface area contributed by atoms with Crippen LogP contribution in [-0.2, 0) is 15.6 Å². The molecule has 0 atom stereocenters. The molecule has 0 saturated carbocycles. The van der Waals surface area contributed by atoms with Crippen molar-refractivity contribution in [3.8, 4) is 0 Å². The van der Waals surface area contributed by atoms with Crippen molar-refractivity contribution in [2.24, 2.45) is 0 Å². The maximum absolute atomic E-state index is 13.5. The zero-order chi connectivity index (χ0) is 14.1. The van der Waals surface area contributed by atoms with Gasteiger partial charge in [0.05, 0.1) is 16.1 Å². The lowest BCUT2D eigenvalue weighted by Gasteiger charge is -2.19. The Kier molecular flexibility index (Phi) is 3.81. The number of benzene rings is 1. The summed E-state index contributed by atoms with van der Waals surface area (Å²) < 4.78 is 36.4. The van der Waals surface area contributed by atoms with Gasteiger partial charge in [-0.1, -0.05) is 0 Å². The summed E-state index contributed by atoms with van der Waals surface area (Å²) in [7, 11) is -3.55. The molecule has 1 N–H and O–H groups in total. The van der Waals surface area contributed by atoms with Crippen molar-refractivity contribution in [2.75, 3.05) is 0 Å². The average molecular weight is 274 g/mol. The number of carboxylic acid groups (broad SMARTS) is 1. The predicted molar refractivity (Wildman–Crippen MR) is 65.7 cm³/mol. The summed E-state index contributed by atoms with van der Waals surface area (Å²) in [4.78, 5) is 10.8. The molecule has 100 valence electrons. The smallest absolute Gasteiger partial charge is 0.335 e. The monoisotopic (exact) mass is 274 g/mol. The molecule has 0 aliphatic carbocycles. The lowest BCUT2D eigenvalue weighted by molar-refractivity contribution is 0.0696. The number of carboxylic acids is 1. The SMILES string of the molecule is CC(C)(C)S(=O)(=O)Cc1cc(C(=O)O)ccc1F. The van der Waals surface area contributed by atoms with E-state index in [9.17, 15) is 17.6 Å². The van der Waals surface area contributed by atoms with Gasteiger partial charge in [-0.3, -0.25) is 0 Å². The lowest BCUT2D eigenvalue weighted by Crippen LogP contribution is -2.29. The maximum atomic E-state index is 13.5. The van der Waals surface area contributed by atoms with Gasteiger partial charge in [-0.25, -0.2) is 17.6 Å². The summed E-state index contributed by atoms with van der Waals surface area (Å²) >= 11 is 0. The Morgan fingerprint density at radius 2 is 1.89 bits per heavy atom. The molecule has 0 aromatic heterocycles. The van der Waals surface area contributed by atoms with Gasteiger partial charge in [0.2, 0.25) is 0 Å². The van der Waals surface area contributed by atoms with Crippen LogP contribution in [0.15, 0.2) is 18.2 Å². The number of rotatable bonds is 3. The van der Waals surface area contributed by atoms with E-state index in [-0.39, 0.29) is 11.1 Å². The van der Waals surface area contributed by atoms with Crippen LogP contribution in [0.25, 0.3) is 0 Å². The van der Waals surface area contributed by atoms with Crippen molar-refractivity contribution in [3.63, 3.8) is 0 Å². The van der Waals surface area contributed by atoms with Gasteiger partial charge in [0.15, 0.2) is 9.84 Å². The van der Waals surface area contributed by atoms with E-state index in [2.05, 4.69) is 0 Å². The Balaban J connectivity index is 3.20. The highest BCUT2D eigenvalue weighted by Gasteiger charge is 2.30. The van der Waals surface area contributed by atoms with Crippen molar-refractivity contribution in [3.05, 3.63) is 35.1 Å². The fraction of sp³-hybridized carbons (Fsp3) is 0.417. The minimum Gasteiger partial charge on any atom is -0.478 e. The van der Waals surface area contributed by atoms with E-state index >= 15 is 0 Å². The summed E-state index contributed by atoms with van der Waals surface area (Å²) in [6.45, 7) is 4.55. The van der Waals surface area contributed by atoms with Gasteiger partial charge >= 0.3 is 5.97 Å². The van der Waals surface area contributed by atoms with Crippen molar-refractivity contribution >= 4 is 15.8 Å². The first kappa shape index (κ1) is 14.6. The molecule has 6 heteroatoms. The quantitative estimate of drug-likeness (QED) is 0.917. The van der Waals surface area contributed by atoms with Crippen LogP contribution in [0, 0.1) is 5.82 Å². The molecule has 1 aromatic rings. The number of sulfone groups is 1. The molecule has 0 amide bonds. The first-order valence-corrected chi connectivity index (χ1v) is 6.94. The second-order valence-corrected chi connectivity index (χ2v) is 7.73. The van der Waals surface area contributed by atoms with Crippen molar-refractivity contribution < 1.29 is 22.7 Å². The molecule has 0 aliphatic heterocycles. The van der Waals surface area contributed by atoms with Gasteiger partial charge in [0, 0.05) is 5.56 Å². The minimum absolute atomic E-state index is 0.121. The van der Waals surface area contributed by atoms with E-state index in [1.54, 1.807) is 0 Å². The molecule has 0 unspecified atom stereocenters. The van der Waals surface area contributed by atoms with Crippen LogP contribution in [-0.4, -0.2) is 24.2 Å². The van der Waals surface area contributed by atoms with Gasteiger partial charge < -0.3 is 5.11 Å². The van der Waals surface area contributed by atoms with E-state index in [0.717, 1.165) is 18.2 Å². The van der Waals surface area contributed by atoms with Gasteiger partial charge in [-0.05, 0) is 39.0 Å². The zero-order valence-corrected chi connectivity index (χ0v) is 11.2. The molecule has 0 fully saturated rings. The number of aromatic carboxylic acids is 1. The van der Waals surface area contributed by atoms with Gasteiger partial charge in [-0.2, -0.15) is 0 Å². The van der Waals surface area contributed by atoms with E-state index in [1.165, 1.54) is 20.8 Å². The van der Waals surface area contributed by atoms with Gasteiger partial charge in [0.25, 0.3) is 0 Å². The summed E-state index contributed by atoms with van der Waals surface area (Å²) in [5, 5.41) is 8.79. The molecule has 0 radical (unpaired) electrons. The van der Waals surface area contributed by atoms with Crippen LogP contribution in [0.3, 0.4) is 0 Å². The highest BCUT2D eigenvalue weighted by Crippen LogP contribution is 2.22. The molecule has 0 heterocycles. The first-order valence-electron chi connectivity index (χ1n) is 5.28. The van der Waals surface area contributed by atoms with Crippen LogP contribution < -0.4 is 0 Å². The molecule has 18 heavy (non-hydrogen) atoms. The van der Waals surface area contributed by atoms with Crippen molar-refractivity contribution in [1.82, 2.24) is 0 Å². The largest absolute Gasteiger partial charge is 0.478 e. The summed E-state index contributed by atoms with van der Waals surface area (Å²) in [6, 6.07) is 3.13. The minimum atomic E-state index is -3.55. The maximum Gasteiger partial charge on any atom is 0.335 e. The van der Waals surface area contributed by atoms with Crippen molar-refractivity contribution in [1.29, 1.82) is 0 Å². The third kappa shape index (κ3) is 3.07. The molecule has 0 aliphatic rings. The van der Waals surface area contributed by atoms with Crippen molar-refractivity contribution in [2.45, 2.75) is 31.3 Å². The number of hydrogen-bond donors (Lipinski definition) is 1.